The zero-order chi connectivity index (χ0) is 16.4. The number of nitrogens with one attached hydrogen (secondary N) is 1. The van der Waals surface area contributed by atoms with Gasteiger partial charge in [0.2, 0.25) is 0 Å². The highest BCUT2D eigenvalue weighted by atomic mass is 35.5. The number of hydrogen-bond acceptors (Lipinski definition) is 4. The molecule has 0 saturated carbocycles. The lowest BCUT2D eigenvalue weighted by atomic mass is 10.2. The lowest BCUT2D eigenvalue weighted by Gasteiger charge is -2.15. The van der Waals surface area contributed by atoms with Gasteiger partial charge in [0.25, 0.3) is 0 Å². The molecule has 0 spiro atoms. The molecule has 0 aromatic heterocycles. The van der Waals surface area contributed by atoms with Crippen LogP contribution < -0.4 is 14.8 Å². The molecule has 5 heteroatoms. The molecule has 0 bridgehead atoms. The van der Waals surface area contributed by atoms with Crippen molar-refractivity contribution in [3.8, 4) is 11.5 Å². The minimum absolute atomic E-state index is 0.596. The fraction of sp³-hybridized carbons (Fsp3) is 0.647. The summed E-state index contributed by atoms with van der Waals surface area (Å²) in [6.45, 7) is 8.11. The summed E-state index contributed by atoms with van der Waals surface area (Å²) in [4.78, 5) is 2.19. The molecule has 0 saturated heterocycles. The van der Waals surface area contributed by atoms with E-state index in [1.54, 1.807) is 0 Å². The molecule has 0 aliphatic rings. The van der Waals surface area contributed by atoms with Crippen molar-refractivity contribution >= 4 is 11.6 Å². The van der Waals surface area contributed by atoms with Gasteiger partial charge in [0, 0.05) is 6.54 Å². The van der Waals surface area contributed by atoms with Gasteiger partial charge in [-0.2, -0.15) is 0 Å². The number of rotatable bonds is 11. The molecule has 1 aromatic rings. The van der Waals surface area contributed by atoms with Crippen LogP contribution in [0.3, 0.4) is 0 Å². The first-order valence-corrected chi connectivity index (χ1v) is 8.39. The van der Waals surface area contributed by atoms with Gasteiger partial charge in [0.15, 0.2) is 11.5 Å². The third kappa shape index (κ3) is 6.86. The van der Waals surface area contributed by atoms with E-state index >= 15 is 0 Å². The van der Waals surface area contributed by atoms with E-state index in [-0.39, 0.29) is 0 Å². The van der Waals surface area contributed by atoms with Crippen LogP contribution in [0.5, 0.6) is 11.5 Å². The lowest BCUT2D eigenvalue weighted by Crippen LogP contribution is -2.21. The maximum Gasteiger partial charge on any atom is 0.179 e. The van der Waals surface area contributed by atoms with Crippen molar-refractivity contribution in [3.05, 3.63) is 22.7 Å². The van der Waals surface area contributed by atoms with Crippen LogP contribution in [0.15, 0.2) is 12.1 Å². The van der Waals surface area contributed by atoms with Gasteiger partial charge in [-0.15, -0.1) is 0 Å². The Hall–Kier alpha value is -0.970. The average molecular weight is 329 g/mol. The largest absolute Gasteiger partial charge is 0.490 e. The monoisotopic (exact) mass is 328 g/mol. The van der Waals surface area contributed by atoms with Crippen LogP contribution in [0.4, 0.5) is 0 Å². The third-order valence-electron chi connectivity index (χ3n) is 3.11. The predicted octanol–water partition coefficient (Wildman–Crippen LogP) is 3.57. The van der Waals surface area contributed by atoms with Crippen LogP contribution in [0, 0.1) is 0 Å². The van der Waals surface area contributed by atoms with E-state index in [9.17, 15) is 0 Å². The number of ether oxygens (including phenoxy) is 2. The van der Waals surface area contributed by atoms with E-state index in [0.717, 1.165) is 43.8 Å². The second-order valence-corrected chi connectivity index (χ2v) is 5.93. The highest BCUT2D eigenvalue weighted by molar-refractivity contribution is 6.32. The predicted molar refractivity (Wildman–Crippen MR) is 93.3 cm³/mol. The Morgan fingerprint density at radius 1 is 1.18 bits per heavy atom. The molecule has 1 rings (SSSR count). The van der Waals surface area contributed by atoms with Gasteiger partial charge in [-0.05, 0) is 64.6 Å². The Morgan fingerprint density at radius 2 is 1.95 bits per heavy atom. The quantitative estimate of drug-likeness (QED) is 0.630. The van der Waals surface area contributed by atoms with Crippen molar-refractivity contribution in [2.45, 2.75) is 33.2 Å². The number of halogens is 1. The second-order valence-electron chi connectivity index (χ2n) is 5.52. The summed E-state index contributed by atoms with van der Waals surface area (Å²) in [6, 6.07) is 3.97. The Balaban J connectivity index is 2.63. The molecule has 0 atom stereocenters. The minimum atomic E-state index is 0.596. The van der Waals surface area contributed by atoms with Crippen LogP contribution in [-0.2, 0) is 6.54 Å². The summed E-state index contributed by atoms with van der Waals surface area (Å²) in [6.07, 6.45) is 2.06. The number of nitrogens with zero attached hydrogens (tertiary/aromatic N) is 1. The normalized spacial score (nSPS) is 11.0. The Kier molecular flexibility index (Phi) is 9.28. The minimum Gasteiger partial charge on any atom is -0.490 e. The first kappa shape index (κ1) is 19.1. The molecule has 0 amide bonds. The van der Waals surface area contributed by atoms with Crippen molar-refractivity contribution in [1.82, 2.24) is 10.2 Å². The maximum atomic E-state index is 6.35. The van der Waals surface area contributed by atoms with Crippen molar-refractivity contribution in [2.24, 2.45) is 0 Å². The van der Waals surface area contributed by atoms with Crippen LogP contribution in [0.1, 0.15) is 32.3 Å². The SMILES string of the molecule is CCCOc1c(Cl)cc(CNCCCN(C)C)cc1OCC. The van der Waals surface area contributed by atoms with Crippen molar-refractivity contribution in [2.75, 3.05) is 40.4 Å². The molecule has 0 heterocycles. The zero-order valence-corrected chi connectivity index (χ0v) is 15.0. The molecule has 0 unspecified atom stereocenters. The van der Waals surface area contributed by atoms with Crippen LogP contribution in [0.25, 0.3) is 0 Å². The molecule has 0 aliphatic heterocycles. The summed E-state index contributed by atoms with van der Waals surface area (Å²) in [5.41, 5.74) is 1.11. The van der Waals surface area contributed by atoms with E-state index < -0.39 is 0 Å². The molecule has 126 valence electrons. The zero-order valence-electron chi connectivity index (χ0n) is 14.2. The topological polar surface area (TPSA) is 33.7 Å². The summed E-state index contributed by atoms with van der Waals surface area (Å²) in [5.74, 6) is 1.38. The van der Waals surface area contributed by atoms with E-state index in [4.69, 9.17) is 21.1 Å². The standard InChI is InChI=1S/C17H29ClN2O2/c1-5-10-22-17-15(18)11-14(12-16(17)21-6-2)13-19-8-7-9-20(3)4/h11-12,19H,5-10,13H2,1-4H3. The van der Waals surface area contributed by atoms with E-state index in [1.807, 2.05) is 19.1 Å². The van der Waals surface area contributed by atoms with Gasteiger partial charge < -0.3 is 19.7 Å². The number of benzene rings is 1. The van der Waals surface area contributed by atoms with Crippen LogP contribution in [-0.4, -0.2) is 45.3 Å². The fourth-order valence-electron chi connectivity index (χ4n) is 2.08. The van der Waals surface area contributed by atoms with E-state index in [0.29, 0.717) is 24.0 Å². The van der Waals surface area contributed by atoms with Gasteiger partial charge in [-0.3, -0.25) is 0 Å². The third-order valence-corrected chi connectivity index (χ3v) is 3.39. The van der Waals surface area contributed by atoms with E-state index in [1.165, 1.54) is 0 Å². The summed E-state index contributed by atoms with van der Waals surface area (Å²) < 4.78 is 11.4. The summed E-state index contributed by atoms with van der Waals surface area (Å²) in [7, 11) is 4.17. The van der Waals surface area contributed by atoms with Crippen molar-refractivity contribution in [1.29, 1.82) is 0 Å². The lowest BCUT2D eigenvalue weighted by molar-refractivity contribution is 0.277. The van der Waals surface area contributed by atoms with E-state index in [2.05, 4.69) is 31.2 Å². The van der Waals surface area contributed by atoms with Gasteiger partial charge in [0.1, 0.15) is 0 Å². The highest BCUT2D eigenvalue weighted by Gasteiger charge is 2.12. The van der Waals surface area contributed by atoms with Crippen molar-refractivity contribution < 1.29 is 9.47 Å². The highest BCUT2D eigenvalue weighted by Crippen LogP contribution is 2.36. The molecule has 0 radical (unpaired) electrons. The second kappa shape index (κ2) is 10.7. The molecular weight excluding hydrogens is 300 g/mol. The Bertz CT molecular complexity index is 439. The fourth-order valence-corrected chi connectivity index (χ4v) is 2.37. The van der Waals surface area contributed by atoms with Gasteiger partial charge >= 0.3 is 0 Å². The molecule has 4 nitrogen and oxygen atoms in total. The van der Waals surface area contributed by atoms with Gasteiger partial charge in [0.05, 0.1) is 18.2 Å². The molecule has 1 N–H and O–H groups in total. The first-order valence-electron chi connectivity index (χ1n) is 8.01. The summed E-state index contributed by atoms with van der Waals surface area (Å²) >= 11 is 6.35. The van der Waals surface area contributed by atoms with Crippen LogP contribution >= 0.6 is 11.6 Å². The van der Waals surface area contributed by atoms with Crippen LogP contribution in [0.2, 0.25) is 5.02 Å². The molecule has 1 aromatic carbocycles. The Morgan fingerprint density at radius 3 is 2.59 bits per heavy atom. The average Bonchev–Trinajstić information content (AvgIpc) is 2.46. The van der Waals surface area contributed by atoms with Crippen molar-refractivity contribution in [3.63, 3.8) is 0 Å². The molecule has 0 aliphatic carbocycles. The smallest absolute Gasteiger partial charge is 0.179 e. The molecule has 0 fully saturated rings. The maximum absolute atomic E-state index is 6.35. The van der Waals surface area contributed by atoms with Gasteiger partial charge in [-0.25, -0.2) is 0 Å². The first-order chi connectivity index (χ1) is 10.6. The Labute approximate surface area is 139 Å². The molecular formula is C17H29ClN2O2. The molecule has 22 heavy (non-hydrogen) atoms. The number of hydrogen-bond donors (Lipinski definition) is 1. The van der Waals surface area contributed by atoms with Gasteiger partial charge in [-0.1, -0.05) is 18.5 Å². The summed E-state index contributed by atoms with van der Waals surface area (Å²) in [5, 5.41) is 4.05.